The van der Waals surface area contributed by atoms with Crippen molar-refractivity contribution in [2.75, 3.05) is 18.6 Å². The number of nitrogens with zero attached hydrogens (tertiary/aromatic N) is 4. The second-order valence-corrected chi connectivity index (χ2v) is 6.27. The monoisotopic (exact) mass is 349 g/mol. The zero-order chi connectivity index (χ0) is 16.1. The summed E-state index contributed by atoms with van der Waals surface area (Å²) in [5, 5.41) is 8.93. The molecule has 0 aliphatic carbocycles. The van der Waals surface area contributed by atoms with Crippen molar-refractivity contribution in [1.29, 1.82) is 0 Å². The molecule has 6 nitrogen and oxygen atoms in total. The van der Waals surface area contributed by atoms with Gasteiger partial charge in [-0.2, -0.15) is 5.10 Å². The van der Waals surface area contributed by atoms with Crippen molar-refractivity contribution in [3.8, 4) is 0 Å². The summed E-state index contributed by atoms with van der Waals surface area (Å²) < 4.78 is 1.61. The Morgan fingerprint density at radius 3 is 2.96 bits per heavy atom. The van der Waals surface area contributed by atoms with Crippen LogP contribution in [0, 0.1) is 0 Å². The summed E-state index contributed by atoms with van der Waals surface area (Å²) in [6.07, 6.45) is 2.40. The minimum Gasteiger partial charge on any atom is -0.348 e. The molecule has 0 saturated carbocycles. The zero-order valence-electron chi connectivity index (χ0n) is 12.3. The van der Waals surface area contributed by atoms with Crippen LogP contribution in [0.1, 0.15) is 16.2 Å². The highest BCUT2D eigenvalue weighted by atomic mass is 35.5. The van der Waals surface area contributed by atoms with Gasteiger partial charge in [-0.3, -0.25) is 9.80 Å². The number of amides is 1. The van der Waals surface area contributed by atoms with Gasteiger partial charge in [0.25, 0.3) is 5.91 Å². The number of hydrogen-bond acceptors (Lipinski definition) is 3. The Morgan fingerprint density at radius 2 is 2.13 bits per heavy atom. The molecule has 1 N–H and O–H groups in total. The molecule has 0 spiro atoms. The minimum atomic E-state index is -0.157. The van der Waals surface area contributed by atoms with Crippen molar-refractivity contribution >= 4 is 40.3 Å². The molecule has 23 heavy (non-hydrogen) atoms. The molecule has 3 aromatic heterocycles. The van der Waals surface area contributed by atoms with Gasteiger partial charge in [-0.05, 0) is 18.2 Å². The number of rotatable bonds is 1. The molecular weight excluding hydrogens is 337 g/mol. The van der Waals surface area contributed by atoms with Gasteiger partial charge in [0.2, 0.25) is 0 Å². The molecule has 0 atom stereocenters. The van der Waals surface area contributed by atoms with Crippen molar-refractivity contribution in [2.45, 2.75) is 6.42 Å². The largest absolute Gasteiger partial charge is 0.348 e. The number of carbonyl (C=O) groups excluding carboxylic acids is 1. The average molecular weight is 350 g/mol. The second-order valence-electron chi connectivity index (χ2n) is 5.43. The molecule has 0 saturated heterocycles. The predicted molar refractivity (Wildman–Crippen MR) is 89.1 cm³/mol. The number of fused-ring (bicyclic) bond motifs is 2. The maximum absolute atomic E-state index is 12.8. The lowest BCUT2D eigenvalue weighted by molar-refractivity contribution is 0.0732. The fourth-order valence-electron chi connectivity index (χ4n) is 2.86. The molecule has 3 aromatic rings. The van der Waals surface area contributed by atoms with Crippen LogP contribution in [0.15, 0.2) is 30.5 Å². The molecule has 4 rings (SSSR count). The molecule has 1 amide bonds. The highest BCUT2D eigenvalue weighted by Crippen LogP contribution is 2.30. The fraction of sp³-hybridized carbons (Fsp3) is 0.200. The number of halogens is 2. The normalized spacial score (nSPS) is 14.4. The molecule has 0 fully saturated rings. The summed E-state index contributed by atoms with van der Waals surface area (Å²) in [5.74, 6) is -0.157. The summed E-state index contributed by atoms with van der Waals surface area (Å²) >= 11 is 12.0. The van der Waals surface area contributed by atoms with Crippen LogP contribution in [-0.4, -0.2) is 39.1 Å². The van der Waals surface area contributed by atoms with Gasteiger partial charge in [0, 0.05) is 38.0 Å². The Bertz CT molecular complexity index is 916. The molecule has 1 aliphatic rings. The first-order valence-electron chi connectivity index (χ1n) is 7.11. The number of aromatic amines is 1. The van der Waals surface area contributed by atoms with Crippen molar-refractivity contribution in [1.82, 2.24) is 19.6 Å². The maximum atomic E-state index is 12.8. The van der Waals surface area contributed by atoms with Crippen molar-refractivity contribution < 1.29 is 4.79 Å². The van der Waals surface area contributed by atoms with Gasteiger partial charge >= 0.3 is 0 Å². The third-order valence-electron chi connectivity index (χ3n) is 4.00. The molecule has 8 heteroatoms. The number of aromatic nitrogens is 3. The van der Waals surface area contributed by atoms with Gasteiger partial charge in [0.1, 0.15) is 5.15 Å². The third kappa shape index (κ3) is 2.34. The first-order chi connectivity index (χ1) is 11.0. The van der Waals surface area contributed by atoms with E-state index in [9.17, 15) is 4.79 Å². The molecular formula is C15H13Cl2N5O. The molecule has 4 heterocycles. The topological polar surface area (TPSA) is 56.6 Å². The number of hydrogen-bond donors (Lipinski definition) is 1. The van der Waals surface area contributed by atoms with Crippen LogP contribution in [0.3, 0.4) is 0 Å². The number of H-pyrrole nitrogens is 1. The van der Waals surface area contributed by atoms with Crippen LogP contribution in [-0.2, 0) is 6.42 Å². The van der Waals surface area contributed by atoms with Crippen LogP contribution in [0.2, 0.25) is 10.2 Å². The molecule has 0 bridgehead atoms. The number of nitrogens with one attached hydrogen (secondary N) is 1. The Morgan fingerprint density at radius 1 is 1.30 bits per heavy atom. The molecule has 0 unspecified atom stereocenters. The SMILES string of the molecule is CN1c2cc(Cl)[nH]c2CCN1C(=O)c1cc2ccc(Cl)cn2n1. The van der Waals surface area contributed by atoms with Gasteiger partial charge in [0.05, 0.1) is 16.2 Å². The van der Waals surface area contributed by atoms with E-state index in [1.54, 1.807) is 32.9 Å². The standard InChI is InChI=1S/C15H13Cl2N5O/c1-20-13-7-14(17)18-11(13)4-5-22(20)15(23)12-6-10-3-2-9(16)8-21(10)19-12/h2-3,6-8,18H,4-5H2,1H3. The van der Waals surface area contributed by atoms with Gasteiger partial charge in [-0.25, -0.2) is 9.52 Å². The summed E-state index contributed by atoms with van der Waals surface area (Å²) in [5.41, 5.74) is 3.14. The Balaban J connectivity index is 1.68. The van der Waals surface area contributed by atoms with Crippen molar-refractivity contribution in [3.63, 3.8) is 0 Å². The van der Waals surface area contributed by atoms with E-state index in [0.29, 0.717) is 22.4 Å². The van der Waals surface area contributed by atoms with Gasteiger partial charge in [-0.15, -0.1) is 0 Å². The zero-order valence-corrected chi connectivity index (χ0v) is 13.8. The molecule has 0 aromatic carbocycles. The molecule has 0 radical (unpaired) electrons. The quantitative estimate of drug-likeness (QED) is 0.734. The summed E-state index contributed by atoms with van der Waals surface area (Å²) in [4.78, 5) is 15.9. The molecule has 118 valence electrons. The lowest BCUT2D eigenvalue weighted by Crippen LogP contribution is -2.48. The average Bonchev–Trinajstić information content (AvgIpc) is 3.09. The number of pyridine rings is 1. The minimum absolute atomic E-state index is 0.157. The van der Waals surface area contributed by atoms with Crippen LogP contribution in [0.5, 0.6) is 0 Å². The van der Waals surface area contributed by atoms with E-state index in [1.165, 1.54) is 0 Å². The van der Waals surface area contributed by atoms with Crippen LogP contribution >= 0.6 is 23.2 Å². The smallest absolute Gasteiger partial charge is 0.292 e. The Labute approximate surface area is 142 Å². The van der Waals surface area contributed by atoms with E-state index in [4.69, 9.17) is 23.2 Å². The predicted octanol–water partition coefficient (Wildman–Crippen LogP) is 3.02. The van der Waals surface area contributed by atoms with E-state index >= 15 is 0 Å². The van der Waals surface area contributed by atoms with E-state index in [0.717, 1.165) is 23.3 Å². The summed E-state index contributed by atoms with van der Waals surface area (Å²) in [6.45, 7) is 0.563. The first kappa shape index (κ1) is 14.4. The fourth-order valence-corrected chi connectivity index (χ4v) is 3.24. The van der Waals surface area contributed by atoms with Crippen molar-refractivity contribution in [2.24, 2.45) is 0 Å². The lowest BCUT2D eigenvalue weighted by Gasteiger charge is -2.36. The van der Waals surface area contributed by atoms with E-state index in [1.807, 2.05) is 19.2 Å². The lowest BCUT2D eigenvalue weighted by atomic mass is 10.2. The third-order valence-corrected chi connectivity index (χ3v) is 4.43. The molecule has 1 aliphatic heterocycles. The number of hydrazine groups is 1. The van der Waals surface area contributed by atoms with E-state index in [2.05, 4.69) is 10.1 Å². The van der Waals surface area contributed by atoms with E-state index < -0.39 is 0 Å². The first-order valence-corrected chi connectivity index (χ1v) is 7.86. The van der Waals surface area contributed by atoms with Crippen LogP contribution in [0.4, 0.5) is 5.69 Å². The Kier molecular flexibility index (Phi) is 3.25. The highest BCUT2D eigenvalue weighted by Gasteiger charge is 2.29. The van der Waals surface area contributed by atoms with Gasteiger partial charge in [0.15, 0.2) is 5.69 Å². The summed E-state index contributed by atoms with van der Waals surface area (Å²) in [6, 6.07) is 7.18. The van der Waals surface area contributed by atoms with Gasteiger partial charge < -0.3 is 4.98 Å². The van der Waals surface area contributed by atoms with Crippen LogP contribution < -0.4 is 5.01 Å². The maximum Gasteiger partial charge on any atom is 0.292 e. The second kappa shape index (κ2) is 5.18. The summed E-state index contributed by atoms with van der Waals surface area (Å²) in [7, 11) is 1.84. The van der Waals surface area contributed by atoms with E-state index in [-0.39, 0.29) is 5.91 Å². The highest BCUT2D eigenvalue weighted by molar-refractivity contribution is 6.30. The number of carbonyl (C=O) groups is 1. The van der Waals surface area contributed by atoms with Gasteiger partial charge in [-0.1, -0.05) is 23.2 Å². The Hall–Kier alpha value is -2.18. The number of anilines is 1. The van der Waals surface area contributed by atoms with Crippen molar-refractivity contribution in [3.05, 3.63) is 52.0 Å². The van der Waals surface area contributed by atoms with Crippen LogP contribution in [0.25, 0.3) is 5.52 Å².